The number of benzene rings is 1. The Labute approximate surface area is 184 Å². The minimum absolute atomic E-state index is 0.325. The maximum Gasteiger partial charge on any atom is 0.227 e. The third-order valence-corrected chi connectivity index (χ3v) is 6.79. The lowest BCUT2D eigenvalue weighted by Gasteiger charge is -2.31. The fourth-order valence-electron chi connectivity index (χ4n) is 4.23. The summed E-state index contributed by atoms with van der Waals surface area (Å²) in [5.74, 6) is 0.720. The highest BCUT2D eigenvalue weighted by Crippen LogP contribution is 2.41. The summed E-state index contributed by atoms with van der Waals surface area (Å²) in [4.78, 5) is 10.4. The lowest BCUT2D eigenvalue weighted by atomic mass is 10.0. The number of hydrazine groups is 1. The second-order valence-electron chi connectivity index (χ2n) is 7.79. The van der Waals surface area contributed by atoms with E-state index in [1.807, 2.05) is 13.1 Å². The first-order valence-electron chi connectivity index (χ1n) is 10.4. The average molecular weight is 441 g/mol. The zero-order chi connectivity index (χ0) is 21.4. The smallest absolute Gasteiger partial charge is 0.227 e. The Hall–Kier alpha value is -2.75. The van der Waals surface area contributed by atoms with E-state index >= 15 is 0 Å². The fourth-order valence-corrected chi connectivity index (χ4v) is 5.22. The number of aryl methyl sites for hydroxylation is 1. The number of thiophene rings is 1. The van der Waals surface area contributed by atoms with Gasteiger partial charge in [-0.1, -0.05) is 0 Å². The van der Waals surface area contributed by atoms with Crippen LogP contribution >= 0.6 is 11.3 Å². The lowest BCUT2D eigenvalue weighted by Crippen LogP contribution is -2.44. The Morgan fingerprint density at radius 3 is 2.94 bits per heavy atom. The van der Waals surface area contributed by atoms with Crippen LogP contribution in [0.3, 0.4) is 0 Å². The summed E-state index contributed by atoms with van der Waals surface area (Å²) in [5.41, 5.74) is 7.10. The number of hydrogen-bond acceptors (Lipinski definition) is 8. The van der Waals surface area contributed by atoms with E-state index in [-0.39, 0.29) is 5.82 Å². The summed E-state index contributed by atoms with van der Waals surface area (Å²) >= 11 is 1.62. The Morgan fingerprint density at radius 1 is 1.29 bits per heavy atom. The van der Waals surface area contributed by atoms with Gasteiger partial charge in [-0.3, -0.25) is 0 Å². The van der Waals surface area contributed by atoms with Gasteiger partial charge in [-0.25, -0.2) is 19.8 Å². The molecule has 0 aliphatic carbocycles. The molecule has 7 nitrogen and oxygen atoms in total. The number of fused-ring (bicyclic) bond motifs is 1. The van der Waals surface area contributed by atoms with E-state index in [1.54, 1.807) is 24.5 Å². The molecule has 1 saturated heterocycles. The molecule has 0 unspecified atom stereocenters. The van der Waals surface area contributed by atoms with Crippen LogP contribution in [0.1, 0.15) is 17.7 Å². The van der Waals surface area contributed by atoms with E-state index in [0.29, 0.717) is 24.3 Å². The van der Waals surface area contributed by atoms with Crippen molar-refractivity contribution < 1.29 is 9.13 Å². The van der Waals surface area contributed by atoms with Crippen molar-refractivity contribution in [3.8, 4) is 16.9 Å². The van der Waals surface area contributed by atoms with E-state index in [0.717, 1.165) is 57.8 Å². The molecule has 2 aromatic heterocycles. The predicted molar refractivity (Wildman–Crippen MR) is 122 cm³/mol. The van der Waals surface area contributed by atoms with Crippen LogP contribution in [0.4, 0.5) is 10.3 Å². The van der Waals surface area contributed by atoms with E-state index in [2.05, 4.69) is 32.3 Å². The van der Waals surface area contributed by atoms with E-state index < -0.39 is 0 Å². The summed E-state index contributed by atoms with van der Waals surface area (Å²) < 4.78 is 20.1. The van der Waals surface area contributed by atoms with Gasteiger partial charge < -0.3 is 20.4 Å². The summed E-state index contributed by atoms with van der Waals surface area (Å²) in [6, 6.07) is 5.10. The molecule has 1 fully saturated rings. The predicted octanol–water partition coefficient (Wildman–Crippen LogP) is 3.64. The quantitative estimate of drug-likeness (QED) is 0.559. The van der Waals surface area contributed by atoms with Crippen molar-refractivity contribution in [1.82, 2.24) is 25.7 Å². The number of rotatable bonds is 5. The zero-order valence-electron chi connectivity index (χ0n) is 17.5. The van der Waals surface area contributed by atoms with Crippen LogP contribution in [0, 0.1) is 12.7 Å². The Balaban J connectivity index is 1.45. The molecule has 4 heterocycles. The summed E-state index contributed by atoms with van der Waals surface area (Å²) in [6.45, 7) is 4.85. The van der Waals surface area contributed by atoms with Crippen LogP contribution < -0.4 is 20.8 Å². The Kier molecular flexibility index (Phi) is 5.47. The van der Waals surface area contributed by atoms with Crippen LogP contribution in [0.2, 0.25) is 0 Å². The second kappa shape index (κ2) is 8.41. The van der Waals surface area contributed by atoms with Crippen molar-refractivity contribution in [2.75, 3.05) is 32.1 Å². The second-order valence-corrected chi connectivity index (χ2v) is 9.04. The molecule has 3 N–H and O–H groups in total. The third-order valence-electron chi connectivity index (χ3n) is 5.76. The average Bonchev–Trinajstić information content (AvgIpc) is 3.38. The normalized spacial score (nSPS) is 17.3. The van der Waals surface area contributed by atoms with Crippen molar-refractivity contribution >= 4 is 27.5 Å². The van der Waals surface area contributed by atoms with Crippen LogP contribution in [0.25, 0.3) is 21.3 Å². The van der Waals surface area contributed by atoms with Crippen LogP contribution in [-0.2, 0) is 0 Å². The van der Waals surface area contributed by atoms with Gasteiger partial charge in [0.15, 0.2) is 0 Å². The first kappa shape index (κ1) is 20.2. The van der Waals surface area contributed by atoms with Crippen LogP contribution in [0.15, 0.2) is 36.3 Å². The monoisotopic (exact) mass is 440 g/mol. The largest absolute Gasteiger partial charge is 0.496 e. The molecule has 162 valence electrons. The highest BCUT2D eigenvalue weighted by atomic mass is 32.1. The first-order chi connectivity index (χ1) is 15.1. The van der Waals surface area contributed by atoms with Crippen molar-refractivity contribution in [1.29, 1.82) is 0 Å². The number of piperidine rings is 1. The minimum atomic E-state index is -0.325. The molecule has 0 bridgehead atoms. The van der Waals surface area contributed by atoms with E-state index in [4.69, 9.17) is 9.72 Å². The van der Waals surface area contributed by atoms with Gasteiger partial charge in [0.2, 0.25) is 5.95 Å². The third kappa shape index (κ3) is 3.96. The van der Waals surface area contributed by atoms with Gasteiger partial charge in [-0.2, -0.15) is 0 Å². The molecule has 0 atom stereocenters. The molecule has 31 heavy (non-hydrogen) atoms. The van der Waals surface area contributed by atoms with Gasteiger partial charge in [0.25, 0.3) is 0 Å². The minimum Gasteiger partial charge on any atom is -0.496 e. The van der Waals surface area contributed by atoms with Crippen LogP contribution in [0.5, 0.6) is 5.75 Å². The summed E-state index contributed by atoms with van der Waals surface area (Å²) in [5, 5.41) is 8.96. The summed E-state index contributed by atoms with van der Waals surface area (Å²) in [7, 11) is 1.55. The van der Waals surface area contributed by atoms with E-state index in [9.17, 15) is 4.39 Å². The number of hydrogen-bond donors (Lipinski definition) is 3. The highest BCUT2D eigenvalue weighted by molar-refractivity contribution is 7.19. The number of anilines is 1. The highest BCUT2D eigenvalue weighted by Gasteiger charge is 2.23. The molecule has 0 amide bonds. The first-order valence-corrected chi connectivity index (χ1v) is 11.2. The van der Waals surface area contributed by atoms with Gasteiger partial charge in [-0.15, -0.1) is 11.3 Å². The molecule has 2 aliphatic rings. The van der Waals surface area contributed by atoms with Crippen molar-refractivity contribution in [3.63, 3.8) is 0 Å². The van der Waals surface area contributed by atoms with E-state index in [1.165, 1.54) is 12.1 Å². The van der Waals surface area contributed by atoms with Gasteiger partial charge in [0.05, 0.1) is 35.8 Å². The number of ether oxygens (including phenoxy) is 1. The van der Waals surface area contributed by atoms with Gasteiger partial charge in [-0.05, 0) is 45.0 Å². The molecule has 2 aliphatic heterocycles. The van der Waals surface area contributed by atoms with Crippen molar-refractivity contribution in [2.45, 2.75) is 25.8 Å². The Bertz CT molecular complexity index is 1140. The Morgan fingerprint density at radius 2 is 2.13 bits per heavy atom. The van der Waals surface area contributed by atoms with Gasteiger partial charge >= 0.3 is 0 Å². The van der Waals surface area contributed by atoms with Gasteiger partial charge in [0.1, 0.15) is 11.6 Å². The maximum absolute atomic E-state index is 13.7. The molecule has 3 aromatic rings. The number of methoxy groups -OCH3 is 1. The molecule has 0 radical (unpaired) electrons. The maximum atomic E-state index is 13.7. The number of nitrogens with zero attached hydrogens (tertiary/aromatic N) is 3. The molecule has 5 rings (SSSR count). The lowest BCUT2D eigenvalue weighted by molar-refractivity contribution is 0.182. The van der Waals surface area contributed by atoms with Gasteiger partial charge in [0, 0.05) is 34.3 Å². The zero-order valence-corrected chi connectivity index (χ0v) is 18.4. The number of aromatic nitrogens is 2. The SMILES string of the molecule is COc1cc(F)ccc1-c1c(C)sc2cnc(NC3=CN(C4CCNCC4)NC3)nc12. The standard InChI is InChI=1S/C22H25FN6OS/c1-13-20(17-4-3-14(23)9-18(17)30-2)21-19(31-13)11-25-22(28-21)27-15-10-26-29(12-15)16-5-7-24-8-6-16/h3-4,9,11-12,16,24,26H,5-8,10H2,1-2H3,(H,25,27,28). The molecule has 0 saturated carbocycles. The van der Waals surface area contributed by atoms with Crippen molar-refractivity contribution in [3.05, 3.63) is 47.0 Å². The molecule has 1 aromatic carbocycles. The molecular weight excluding hydrogens is 415 g/mol. The number of halogens is 1. The fraction of sp³-hybridized carbons (Fsp3) is 0.364. The van der Waals surface area contributed by atoms with Crippen LogP contribution in [-0.4, -0.2) is 47.8 Å². The molecular formula is C22H25FN6OS. The topological polar surface area (TPSA) is 74.3 Å². The molecule has 0 spiro atoms. The summed E-state index contributed by atoms with van der Waals surface area (Å²) in [6.07, 6.45) is 6.20. The van der Waals surface area contributed by atoms with Crippen molar-refractivity contribution in [2.24, 2.45) is 0 Å². The molecule has 9 heteroatoms. The number of nitrogens with one attached hydrogen (secondary N) is 3.